The Kier molecular flexibility index (Phi) is 5.35. The molecule has 154 valence electrons. The standard InChI is InChI=1S/C21H19F2N5O2/c1-27-19(29)11-18(17-4-7-24-12-25-17)26-21(27)28-8-5-13(6-9-28)20(30)14-2-3-15(22)16(23)10-14/h2-4,7,10-13H,5-6,8-9H2,1H3. The molecule has 0 atom stereocenters. The van der Waals surface area contributed by atoms with Gasteiger partial charge >= 0.3 is 0 Å². The van der Waals surface area contributed by atoms with Gasteiger partial charge in [0.25, 0.3) is 5.56 Å². The van der Waals surface area contributed by atoms with Gasteiger partial charge in [0.15, 0.2) is 17.4 Å². The maximum absolute atomic E-state index is 13.5. The summed E-state index contributed by atoms with van der Waals surface area (Å²) in [7, 11) is 1.65. The van der Waals surface area contributed by atoms with Gasteiger partial charge in [-0.3, -0.25) is 14.2 Å². The Labute approximate surface area is 171 Å². The maximum atomic E-state index is 13.5. The lowest BCUT2D eigenvalue weighted by atomic mass is 9.89. The van der Waals surface area contributed by atoms with Crippen molar-refractivity contribution in [1.82, 2.24) is 19.5 Å². The largest absolute Gasteiger partial charge is 0.342 e. The van der Waals surface area contributed by atoms with Crippen LogP contribution in [-0.4, -0.2) is 38.4 Å². The fraction of sp³-hybridized carbons (Fsp3) is 0.286. The molecule has 0 bridgehead atoms. The molecule has 1 aliphatic heterocycles. The minimum absolute atomic E-state index is 0.170. The van der Waals surface area contributed by atoms with E-state index in [1.54, 1.807) is 19.3 Å². The van der Waals surface area contributed by atoms with Crippen LogP contribution in [0.15, 0.2) is 47.7 Å². The summed E-state index contributed by atoms with van der Waals surface area (Å²) in [5.41, 5.74) is 0.958. The number of carbonyl (C=O) groups is 1. The van der Waals surface area contributed by atoms with Gasteiger partial charge in [0.1, 0.15) is 6.33 Å². The van der Waals surface area contributed by atoms with Gasteiger partial charge in [0.2, 0.25) is 5.95 Å². The Morgan fingerprint density at radius 2 is 1.83 bits per heavy atom. The van der Waals surface area contributed by atoms with Gasteiger partial charge in [-0.15, -0.1) is 0 Å². The van der Waals surface area contributed by atoms with Gasteiger partial charge in [-0.05, 0) is 37.1 Å². The van der Waals surface area contributed by atoms with E-state index in [9.17, 15) is 18.4 Å². The number of hydrogen-bond acceptors (Lipinski definition) is 6. The van der Waals surface area contributed by atoms with Crippen LogP contribution in [0, 0.1) is 17.6 Å². The van der Waals surface area contributed by atoms with Gasteiger partial charge < -0.3 is 4.90 Å². The first kappa shape index (κ1) is 19.8. The van der Waals surface area contributed by atoms with Gasteiger partial charge in [-0.1, -0.05) is 0 Å². The molecule has 30 heavy (non-hydrogen) atoms. The number of carbonyl (C=O) groups excluding carboxylic acids is 1. The lowest BCUT2D eigenvalue weighted by molar-refractivity contribution is 0.0899. The Morgan fingerprint density at radius 3 is 2.50 bits per heavy atom. The maximum Gasteiger partial charge on any atom is 0.255 e. The summed E-state index contributed by atoms with van der Waals surface area (Å²) in [6.45, 7) is 1.02. The molecule has 0 aliphatic carbocycles. The third-order valence-electron chi connectivity index (χ3n) is 5.31. The van der Waals surface area contributed by atoms with Crippen LogP contribution < -0.4 is 10.5 Å². The van der Waals surface area contributed by atoms with Crippen molar-refractivity contribution in [2.75, 3.05) is 18.0 Å². The predicted octanol–water partition coefficient (Wildman–Crippen LogP) is 2.61. The Balaban J connectivity index is 1.53. The first-order valence-electron chi connectivity index (χ1n) is 9.52. The highest BCUT2D eigenvalue weighted by atomic mass is 19.2. The molecular formula is C21H19F2N5O2. The van der Waals surface area contributed by atoms with E-state index in [1.807, 2.05) is 4.90 Å². The fourth-order valence-corrected chi connectivity index (χ4v) is 3.61. The Bertz CT molecular complexity index is 1140. The number of rotatable bonds is 4. The van der Waals surface area contributed by atoms with Gasteiger partial charge in [0.05, 0.1) is 11.4 Å². The molecule has 2 aromatic heterocycles. The van der Waals surface area contributed by atoms with Crippen LogP contribution in [0.2, 0.25) is 0 Å². The number of halogens is 2. The third-order valence-corrected chi connectivity index (χ3v) is 5.31. The van der Waals surface area contributed by atoms with Crippen molar-refractivity contribution in [1.29, 1.82) is 0 Å². The molecule has 1 aliphatic rings. The normalized spacial score (nSPS) is 14.7. The average Bonchev–Trinajstić information content (AvgIpc) is 2.77. The monoisotopic (exact) mass is 411 g/mol. The first-order valence-corrected chi connectivity index (χ1v) is 9.52. The molecule has 3 aromatic rings. The summed E-state index contributed by atoms with van der Waals surface area (Å²) in [6.07, 6.45) is 4.01. The number of ketones is 1. The molecule has 1 aromatic carbocycles. The van der Waals surface area contributed by atoms with Crippen molar-refractivity contribution in [3.05, 3.63) is 70.4 Å². The van der Waals surface area contributed by atoms with Crippen molar-refractivity contribution in [2.24, 2.45) is 13.0 Å². The molecule has 7 nitrogen and oxygen atoms in total. The topological polar surface area (TPSA) is 81.0 Å². The number of piperidine rings is 1. The molecule has 0 saturated carbocycles. The number of anilines is 1. The van der Waals surface area contributed by atoms with Crippen molar-refractivity contribution in [2.45, 2.75) is 12.8 Å². The molecule has 1 saturated heterocycles. The molecule has 1 fully saturated rings. The smallest absolute Gasteiger partial charge is 0.255 e. The molecule has 9 heteroatoms. The molecule has 3 heterocycles. The van der Waals surface area contributed by atoms with E-state index in [0.29, 0.717) is 43.3 Å². The Hall–Kier alpha value is -3.49. The van der Waals surface area contributed by atoms with Gasteiger partial charge in [-0.25, -0.2) is 23.7 Å². The zero-order valence-corrected chi connectivity index (χ0v) is 16.3. The summed E-state index contributed by atoms with van der Waals surface area (Å²) < 4.78 is 28.1. The average molecular weight is 411 g/mol. The van der Waals surface area contributed by atoms with Crippen LogP contribution in [0.3, 0.4) is 0 Å². The van der Waals surface area contributed by atoms with E-state index in [2.05, 4.69) is 15.0 Å². The zero-order valence-electron chi connectivity index (χ0n) is 16.3. The molecule has 0 amide bonds. The summed E-state index contributed by atoms with van der Waals surface area (Å²) in [5.74, 6) is -2.01. The molecule has 4 rings (SSSR count). The quantitative estimate of drug-likeness (QED) is 0.614. The van der Waals surface area contributed by atoms with Gasteiger partial charge in [-0.2, -0.15) is 0 Å². The summed E-state index contributed by atoms with van der Waals surface area (Å²) in [5, 5.41) is 0. The number of aromatic nitrogens is 4. The predicted molar refractivity (Wildman–Crippen MR) is 106 cm³/mol. The minimum Gasteiger partial charge on any atom is -0.342 e. The van der Waals surface area contributed by atoms with Crippen LogP contribution in [0.25, 0.3) is 11.4 Å². The SMILES string of the molecule is Cn1c(N2CCC(C(=O)c3ccc(F)c(F)c3)CC2)nc(-c2ccncn2)cc1=O. The highest BCUT2D eigenvalue weighted by molar-refractivity contribution is 5.98. The highest BCUT2D eigenvalue weighted by Crippen LogP contribution is 2.26. The zero-order chi connectivity index (χ0) is 21.3. The number of benzene rings is 1. The second-order valence-electron chi connectivity index (χ2n) is 7.19. The number of hydrogen-bond donors (Lipinski definition) is 0. The van der Waals surface area contributed by atoms with Crippen molar-refractivity contribution in [3.63, 3.8) is 0 Å². The van der Waals surface area contributed by atoms with Crippen molar-refractivity contribution < 1.29 is 13.6 Å². The second-order valence-corrected chi connectivity index (χ2v) is 7.19. The third kappa shape index (κ3) is 3.83. The fourth-order valence-electron chi connectivity index (χ4n) is 3.61. The van der Waals surface area contributed by atoms with Crippen LogP contribution in [0.5, 0.6) is 0 Å². The van der Waals surface area contributed by atoms with E-state index in [-0.39, 0.29) is 22.8 Å². The van der Waals surface area contributed by atoms with E-state index in [0.717, 1.165) is 12.1 Å². The van der Waals surface area contributed by atoms with E-state index in [4.69, 9.17) is 0 Å². The van der Waals surface area contributed by atoms with Crippen molar-refractivity contribution >= 4 is 11.7 Å². The summed E-state index contributed by atoms with van der Waals surface area (Å²) in [4.78, 5) is 39.7. The second kappa shape index (κ2) is 8.10. The highest BCUT2D eigenvalue weighted by Gasteiger charge is 2.28. The number of nitrogens with zero attached hydrogens (tertiary/aromatic N) is 5. The van der Waals surface area contributed by atoms with Crippen LogP contribution in [-0.2, 0) is 7.05 Å². The van der Waals surface area contributed by atoms with Crippen LogP contribution in [0.1, 0.15) is 23.2 Å². The minimum atomic E-state index is -1.03. The van der Waals surface area contributed by atoms with Crippen LogP contribution >= 0.6 is 0 Å². The lowest BCUT2D eigenvalue weighted by Crippen LogP contribution is -2.40. The van der Waals surface area contributed by atoms with Crippen molar-refractivity contribution in [3.8, 4) is 11.4 Å². The van der Waals surface area contributed by atoms with Crippen LogP contribution in [0.4, 0.5) is 14.7 Å². The molecule has 0 N–H and O–H groups in total. The molecular weight excluding hydrogens is 392 g/mol. The van der Waals surface area contributed by atoms with Gasteiger partial charge in [0, 0.05) is 43.9 Å². The number of Topliss-reactive ketones (excluding diaryl/α,β-unsaturated/α-hetero) is 1. The summed E-state index contributed by atoms with van der Waals surface area (Å²) >= 11 is 0. The van der Waals surface area contributed by atoms with E-state index in [1.165, 1.54) is 23.0 Å². The van der Waals surface area contributed by atoms with E-state index < -0.39 is 11.6 Å². The molecule has 0 radical (unpaired) electrons. The first-order chi connectivity index (χ1) is 14.4. The van der Waals surface area contributed by atoms with E-state index >= 15 is 0 Å². The lowest BCUT2D eigenvalue weighted by Gasteiger charge is -2.33. The molecule has 0 unspecified atom stereocenters. The Morgan fingerprint density at radius 1 is 1.07 bits per heavy atom. The summed E-state index contributed by atoms with van der Waals surface area (Å²) in [6, 6.07) is 6.32. The molecule has 0 spiro atoms.